The zero-order valence-corrected chi connectivity index (χ0v) is 11.6. The number of amides is 1. The molecule has 0 spiro atoms. The normalized spacial score (nSPS) is 11.9. The van der Waals surface area contributed by atoms with Crippen molar-refractivity contribution in [2.75, 3.05) is 13.7 Å². The van der Waals surface area contributed by atoms with E-state index in [9.17, 15) is 9.90 Å². The summed E-state index contributed by atoms with van der Waals surface area (Å²) in [5.41, 5.74) is 1.92. The van der Waals surface area contributed by atoms with Gasteiger partial charge in [0.1, 0.15) is 0 Å². The van der Waals surface area contributed by atoms with Crippen LogP contribution in [0.2, 0.25) is 0 Å². The van der Waals surface area contributed by atoms with Gasteiger partial charge in [-0.25, -0.2) is 0 Å². The summed E-state index contributed by atoms with van der Waals surface area (Å²) in [7, 11) is 1.74. The van der Waals surface area contributed by atoms with E-state index in [2.05, 4.69) is 0 Å². The second-order valence-corrected chi connectivity index (χ2v) is 4.78. The van der Waals surface area contributed by atoms with Crippen LogP contribution in [-0.2, 0) is 11.2 Å². The standard InChI is InChI=1S/C17H19NO2/c1-18(16(13-19)15-10-6-3-7-11-15)17(20)12-14-8-4-2-5-9-14/h2-11,16,19H,12-13H2,1H3/t16-/m0/s1. The molecular formula is C17H19NO2. The molecule has 1 amide bonds. The molecule has 3 nitrogen and oxygen atoms in total. The Morgan fingerprint density at radius 2 is 1.60 bits per heavy atom. The zero-order chi connectivity index (χ0) is 14.4. The van der Waals surface area contributed by atoms with Crippen molar-refractivity contribution >= 4 is 5.91 Å². The number of aliphatic hydroxyl groups is 1. The predicted octanol–water partition coefficient (Wildman–Crippen LogP) is 2.42. The topological polar surface area (TPSA) is 40.5 Å². The molecule has 0 aliphatic carbocycles. The molecule has 1 atom stereocenters. The molecule has 104 valence electrons. The molecule has 0 unspecified atom stereocenters. The Bertz CT molecular complexity index is 539. The molecular weight excluding hydrogens is 250 g/mol. The summed E-state index contributed by atoms with van der Waals surface area (Å²) in [6.07, 6.45) is 0.348. The van der Waals surface area contributed by atoms with Crippen LogP contribution in [0.25, 0.3) is 0 Å². The van der Waals surface area contributed by atoms with Gasteiger partial charge in [0.2, 0.25) is 5.91 Å². The minimum Gasteiger partial charge on any atom is -0.394 e. The molecule has 2 aromatic carbocycles. The first kappa shape index (κ1) is 14.3. The third-order valence-electron chi connectivity index (χ3n) is 3.42. The minimum absolute atomic E-state index is 0.000830. The summed E-state index contributed by atoms with van der Waals surface area (Å²) >= 11 is 0. The fourth-order valence-electron chi connectivity index (χ4n) is 2.20. The van der Waals surface area contributed by atoms with Crippen molar-refractivity contribution in [1.29, 1.82) is 0 Å². The van der Waals surface area contributed by atoms with E-state index in [4.69, 9.17) is 0 Å². The number of hydrogen-bond acceptors (Lipinski definition) is 2. The maximum absolute atomic E-state index is 12.3. The van der Waals surface area contributed by atoms with Crippen molar-refractivity contribution in [3.63, 3.8) is 0 Å². The first-order chi connectivity index (χ1) is 9.72. The van der Waals surface area contributed by atoms with E-state index in [1.165, 1.54) is 0 Å². The monoisotopic (exact) mass is 269 g/mol. The summed E-state index contributed by atoms with van der Waals surface area (Å²) in [4.78, 5) is 13.9. The SMILES string of the molecule is CN(C(=O)Cc1ccccc1)[C@@H](CO)c1ccccc1. The molecule has 2 aromatic rings. The molecule has 0 aliphatic rings. The van der Waals surface area contributed by atoms with Crippen LogP contribution in [0.1, 0.15) is 17.2 Å². The fraction of sp³-hybridized carbons (Fsp3) is 0.235. The van der Waals surface area contributed by atoms with E-state index >= 15 is 0 Å². The van der Waals surface area contributed by atoms with Crippen LogP contribution in [-0.4, -0.2) is 29.6 Å². The second kappa shape index (κ2) is 6.87. The number of carbonyl (C=O) groups excluding carboxylic acids is 1. The molecule has 20 heavy (non-hydrogen) atoms. The molecule has 0 bridgehead atoms. The fourth-order valence-corrected chi connectivity index (χ4v) is 2.20. The van der Waals surface area contributed by atoms with Gasteiger partial charge in [-0.05, 0) is 11.1 Å². The Balaban J connectivity index is 2.09. The summed E-state index contributed by atoms with van der Waals surface area (Å²) in [6, 6.07) is 18.9. The van der Waals surface area contributed by atoms with Gasteiger partial charge in [0.15, 0.2) is 0 Å². The highest BCUT2D eigenvalue weighted by atomic mass is 16.3. The van der Waals surface area contributed by atoms with Gasteiger partial charge in [0, 0.05) is 7.05 Å². The largest absolute Gasteiger partial charge is 0.394 e. The van der Waals surface area contributed by atoms with Crippen molar-refractivity contribution < 1.29 is 9.90 Å². The number of aliphatic hydroxyl groups excluding tert-OH is 1. The van der Waals surface area contributed by atoms with E-state index in [0.29, 0.717) is 6.42 Å². The second-order valence-electron chi connectivity index (χ2n) is 4.78. The van der Waals surface area contributed by atoms with Crippen molar-refractivity contribution in [3.05, 3.63) is 71.8 Å². The first-order valence-electron chi connectivity index (χ1n) is 6.67. The predicted molar refractivity (Wildman–Crippen MR) is 79.2 cm³/mol. The van der Waals surface area contributed by atoms with E-state index in [0.717, 1.165) is 11.1 Å². The highest BCUT2D eigenvalue weighted by Crippen LogP contribution is 2.19. The third kappa shape index (κ3) is 3.45. The van der Waals surface area contributed by atoms with Crippen LogP contribution in [0, 0.1) is 0 Å². The number of carbonyl (C=O) groups is 1. The number of hydrogen-bond donors (Lipinski definition) is 1. The number of likely N-dealkylation sites (N-methyl/N-ethyl adjacent to an activating group) is 1. The smallest absolute Gasteiger partial charge is 0.227 e. The van der Waals surface area contributed by atoms with E-state index < -0.39 is 0 Å². The van der Waals surface area contributed by atoms with Crippen molar-refractivity contribution in [3.8, 4) is 0 Å². The lowest BCUT2D eigenvalue weighted by atomic mass is 10.1. The van der Waals surface area contributed by atoms with Crippen LogP contribution in [0.4, 0.5) is 0 Å². The highest BCUT2D eigenvalue weighted by molar-refractivity contribution is 5.79. The van der Waals surface area contributed by atoms with E-state index in [1.54, 1.807) is 11.9 Å². The van der Waals surface area contributed by atoms with Gasteiger partial charge in [-0.2, -0.15) is 0 Å². The maximum Gasteiger partial charge on any atom is 0.227 e. The van der Waals surface area contributed by atoms with Gasteiger partial charge in [-0.1, -0.05) is 60.7 Å². The van der Waals surface area contributed by atoms with Crippen LogP contribution in [0.5, 0.6) is 0 Å². The summed E-state index contributed by atoms with van der Waals surface area (Å²) in [5.74, 6) is -0.000830. The minimum atomic E-state index is -0.299. The molecule has 0 aliphatic heterocycles. The van der Waals surface area contributed by atoms with Gasteiger partial charge in [0.05, 0.1) is 19.1 Å². The number of rotatable bonds is 5. The first-order valence-corrected chi connectivity index (χ1v) is 6.67. The van der Waals surface area contributed by atoms with Gasteiger partial charge in [-0.15, -0.1) is 0 Å². The molecule has 0 saturated heterocycles. The van der Waals surface area contributed by atoms with Gasteiger partial charge in [-0.3, -0.25) is 4.79 Å². The van der Waals surface area contributed by atoms with Crippen LogP contribution < -0.4 is 0 Å². The Labute approximate surface area is 119 Å². The summed E-state index contributed by atoms with van der Waals surface area (Å²) in [5, 5.41) is 9.57. The van der Waals surface area contributed by atoms with Crippen molar-refractivity contribution in [2.24, 2.45) is 0 Å². The van der Waals surface area contributed by atoms with Crippen molar-refractivity contribution in [1.82, 2.24) is 4.90 Å². The molecule has 3 heteroatoms. The van der Waals surface area contributed by atoms with Gasteiger partial charge >= 0.3 is 0 Å². The lowest BCUT2D eigenvalue weighted by Gasteiger charge is -2.27. The average Bonchev–Trinajstić information content (AvgIpc) is 2.50. The molecule has 0 heterocycles. The highest BCUT2D eigenvalue weighted by Gasteiger charge is 2.20. The Morgan fingerprint density at radius 1 is 1.05 bits per heavy atom. The average molecular weight is 269 g/mol. The van der Waals surface area contributed by atoms with Gasteiger partial charge in [0.25, 0.3) is 0 Å². The third-order valence-corrected chi connectivity index (χ3v) is 3.42. The number of benzene rings is 2. The molecule has 0 aromatic heterocycles. The van der Waals surface area contributed by atoms with Crippen LogP contribution in [0.15, 0.2) is 60.7 Å². The lowest BCUT2D eigenvalue weighted by molar-refractivity contribution is -0.132. The molecule has 1 N–H and O–H groups in total. The van der Waals surface area contributed by atoms with E-state index in [1.807, 2.05) is 60.7 Å². The molecule has 2 rings (SSSR count). The Hall–Kier alpha value is -2.13. The molecule has 0 radical (unpaired) electrons. The van der Waals surface area contributed by atoms with Crippen molar-refractivity contribution in [2.45, 2.75) is 12.5 Å². The van der Waals surface area contributed by atoms with Gasteiger partial charge < -0.3 is 10.0 Å². The zero-order valence-electron chi connectivity index (χ0n) is 11.6. The summed E-state index contributed by atoms with van der Waals surface area (Å²) < 4.78 is 0. The van der Waals surface area contributed by atoms with Crippen LogP contribution >= 0.6 is 0 Å². The Morgan fingerprint density at radius 3 is 2.15 bits per heavy atom. The quantitative estimate of drug-likeness (QED) is 0.905. The summed E-state index contributed by atoms with van der Waals surface area (Å²) in [6.45, 7) is -0.0823. The lowest BCUT2D eigenvalue weighted by Crippen LogP contribution is -2.34. The molecule has 0 saturated carbocycles. The van der Waals surface area contributed by atoms with E-state index in [-0.39, 0.29) is 18.6 Å². The Kier molecular flexibility index (Phi) is 4.91. The number of nitrogens with zero attached hydrogens (tertiary/aromatic N) is 1. The maximum atomic E-state index is 12.3. The van der Waals surface area contributed by atoms with Crippen LogP contribution in [0.3, 0.4) is 0 Å². The molecule has 0 fully saturated rings.